The number of aliphatic hydroxyl groups is 1. The first-order chi connectivity index (χ1) is 13.6. The van der Waals surface area contributed by atoms with Crippen LogP contribution in [0.4, 0.5) is 0 Å². The molecule has 142 valence electrons. The second-order valence-corrected chi connectivity index (χ2v) is 7.27. The monoisotopic (exact) mass is 412 g/mol. The Labute approximate surface area is 172 Å². The number of hydrogen-bond donors (Lipinski definition) is 1. The summed E-state index contributed by atoms with van der Waals surface area (Å²) >= 11 is 12.3. The van der Waals surface area contributed by atoms with Gasteiger partial charge in [-0.15, -0.1) is 0 Å². The zero-order valence-corrected chi connectivity index (χ0v) is 16.5. The van der Waals surface area contributed by atoms with E-state index >= 15 is 0 Å². The summed E-state index contributed by atoms with van der Waals surface area (Å²) in [7, 11) is 0. The lowest BCUT2D eigenvalue weighted by molar-refractivity contribution is 0.226. The molecular weight excluding hydrogens is 395 g/mol. The molecule has 4 rings (SSSR count). The highest BCUT2D eigenvalue weighted by Gasteiger charge is 2.14. The summed E-state index contributed by atoms with van der Waals surface area (Å²) in [5.74, 6) is 0.592. The first-order valence-electron chi connectivity index (χ1n) is 8.93. The molecule has 0 aliphatic carbocycles. The fourth-order valence-corrected chi connectivity index (χ4v) is 3.57. The Bertz CT molecular complexity index is 1100. The molecule has 0 bridgehead atoms. The normalized spacial score (nSPS) is 11.1. The molecule has 0 unspecified atom stereocenters. The maximum absolute atomic E-state index is 9.06. The van der Waals surface area contributed by atoms with Crippen molar-refractivity contribution in [1.82, 2.24) is 9.78 Å². The molecule has 4 nitrogen and oxygen atoms in total. The molecule has 0 aliphatic rings. The fourth-order valence-electron chi connectivity index (χ4n) is 3.04. The third kappa shape index (κ3) is 3.99. The summed E-state index contributed by atoms with van der Waals surface area (Å²) in [6.07, 6.45) is 0.543. The molecule has 0 saturated carbocycles. The van der Waals surface area contributed by atoms with Crippen molar-refractivity contribution in [2.45, 2.75) is 6.42 Å². The number of fused-ring (bicyclic) bond motifs is 1. The molecular formula is C22H18Cl2N2O2. The van der Waals surface area contributed by atoms with Crippen LogP contribution in [-0.2, 0) is 0 Å². The van der Waals surface area contributed by atoms with Crippen LogP contribution in [0.15, 0.2) is 66.7 Å². The largest absolute Gasteiger partial charge is 0.477 e. The summed E-state index contributed by atoms with van der Waals surface area (Å²) in [5, 5.41) is 17.2. The molecule has 0 aliphatic heterocycles. The molecule has 1 aromatic heterocycles. The number of aliphatic hydroxyl groups excluding tert-OH is 1. The van der Waals surface area contributed by atoms with Crippen molar-refractivity contribution in [3.8, 4) is 22.8 Å². The number of benzene rings is 3. The van der Waals surface area contributed by atoms with E-state index < -0.39 is 0 Å². The van der Waals surface area contributed by atoms with Gasteiger partial charge in [0.25, 0.3) is 0 Å². The third-order valence-corrected chi connectivity index (χ3v) is 4.80. The Kier molecular flexibility index (Phi) is 5.53. The van der Waals surface area contributed by atoms with E-state index in [2.05, 4.69) is 24.3 Å². The van der Waals surface area contributed by atoms with Gasteiger partial charge in [0.2, 0.25) is 5.88 Å². The lowest BCUT2D eigenvalue weighted by Crippen LogP contribution is -2.05. The molecule has 0 fully saturated rings. The lowest BCUT2D eigenvalue weighted by Gasteiger charge is -2.09. The summed E-state index contributed by atoms with van der Waals surface area (Å²) in [6.45, 7) is 0.465. The van der Waals surface area contributed by atoms with Crippen LogP contribution >= 0.6 is 23.2 Å². The average molecular weight is 413 g/mol. The molecule has 6 heteroatoms. The van der Waals surface area contributed by atoms with Gasteiger partial charge in [-0.3, -0.25) is 0 Å². The first-order valence-corrected chi connectivity index (χ1v) is 9.69. The minimum absolute atomic E-state index is 0.0703. The van der Waals surface area contributed by atoms with E-state index in [1.165, 1.54) is 0 Å². The second kappa shape index (κ2) is 8.23. The van der Waals surface area contributed by atoms with Gasteiger partial charge in [-0.2, -0.15) is 5.10 Å². The van der Waals surface area contributed by atoms with Crippen LogP contribution in [0.5, 0.6) is 5.88 Å². The van der Waals surface area contributed by atoms with Gasteiger partial charge >= 0.3 is 0 Å². The van der Waals surface area contributed by atoms with Crippen molar-refractivity contribution in [2.24, 2.45) is 0 Å². The quantitative estimate of drug-likeness (QED) is 0.409. The van der Waals surface area contributed by atoms with Crippen LogP contribution in [0, 0.1) is 0 Å². The van der Waals surface area contributed by atoms with Gasteiger partial charge in [0.1, 0.15) is 0 Å². The zero-order valence-electron chi connectivity index (χ0n) is 15.0. The van der Waals surface area contributed by atoms with E-state index in [0.717, 1.165) is 22.0 Å². The summed E-state index contributed by atoms with van der Waals surface area (Å²) in [4.78, 5) is 0. The van der Waals surface area contributed by atoms with Gasteiger partial charge in [-0.05, 0) is 41.1 Å². The van der Waals surface area contributed by atoms with Gasteiger partial charge in [0, 0.05) is 34.7 Å². The summed E-state index contributed by atoms with van der Waals surface area (Å²) < 4.78 is 7.64. The van der Waals surface area contributed by atoms with E-state index in [1.54, 1.807) is 10.7 Å². The number of nitrogens with zero attached hydrogens (tertiary/aromatic N) is 2. The molecule has 28 heavy (non-hydrogen) atoms. The molecule has 1 N–H and O–H groups in total. The Morgan fingerprint density at radius 2 is 1.64 bits per heavy atom. The molecule has 1 heterocycles. The molecule has 4 aromatic rings. The summed E-state index contributed by atoms with van der Waals surface area (Å²) in [6, 6.07) is 21.5. The Morgan fingerprint density at radius 3 is 2.39 bits per heavy atom. The topological polar surface area (TPSA) is 47.3 Å². The Hall–Kier alpha value is -2.53. The van der Waals surface area contributed by atoms with Gasteiger partial charge in [-0.1, -0.05) is 53.5 Å². The SMILES string of the molecule is OCCCOc1cc(-c2cc(Cl)cc(Cl)c2)nn1-c1ccc2ccccc2c1. The van der Waals surface area contributed by atoms with E-state index in [9.17, 15) is 0 Å². The van der Waals surface area contributed by atoms with Crippen molar-refractivity contribution in [1.29, 1.82) is 0 Å². The summed E-state index contributed by atoms with van der Waals surface area (Å²) in [5.41, 5.74) is 2.40. The highest BCUT2D eigenvalue weighted by atomic mass is 35.5. The molecule has 0 amide bonds. The Morgan fingerprint density at radius 1 is 0.893 bits per heavy atom. The number of halogens is 2. The number of rotatable bonds is 6. The molecule has 3 aromatic carbocycles. The predicted molar refractivity (Wildman–Crippen MR) is 114 cm³/mol. The minimum atomic E-state index is 0.0703. The van der Waals surface area contributed by atoms with E-state index in [0.29, 0.717) is 34.6 Å². The van der Waals surface area contributed by atoms with Crippen molar-refractivity contribution < 1.29 is 9.84 Å². The smallest absolute Gasteiger partial charge is 0.217 e. The zero-order chi connectivity index (χ0) is 19.5. The highest BCUT2D eigenvalue weighted by molar-refractivity contribution is 6.35. The van der Waals surface area contributed by atoms with Crippen molar-refractivity contribution in [3.63, 3.8) is 0 Å². The van der Waals surface area contributed by atoms with Crippen molar-refractivity contribution in [3.05, 3.63) is 76.8 Å². The molecule has 0 radical (unpaired) electrons. The van der Waals surface area contributed by atoms with E-state index in [-0.39, 0.29) is 6.61 Å². The van der Waals surface area contributed by atoms with E-state index in [1.807, 2.05) is 36.4 Å². The van der Waals surface area contributed by atoms with Gasteiger partial charge in [-0.25, -0.2) is 4.68 Å². The predicted octanol–water partition coefficient (Wildman–Crippen LogP) is 5.76. The second-order valence-electron chi connectivity index (χ2n) is 6.39. The fraction of sp³-hybridized carbons (Fsp3) is 0.136. The molecule has 0 atom stereocenters. The molecule has 0 spiro atoms. The average Bonchev–Trinajstić information content (AvgIpc) is 3.11. The van der Waals surface area contributed by atoms with Crippen LogP contribution in [-0.4, -0.2) is 28.1 Å². The van der Waals surface area contributed by atoms with Gasteiger partial charge in [0.05, 0.1) is 18.0 Å². The number of aromatic nitrogens is 2. The van der Waals surface area contributed by atoms with E-state index in [4.69, 9.17) is 38.1 Å². The number of ether oxygens (including phenoxy) is 1. The van der Waals surface area contributed by atoms with Crippen molar-refractivity contribution in [2.75, 3.05) is 13.2 Å². The van der Waals surface area contributed by atoms with Gasteiger partial charge in [0.15, 0.2) is 0 Å². The number of hydrogen-bond acceptors (Lipinski definition) is 3. The standard InChI is InChI=1S/C22H18Cl2N2O2/c23-18-10-17(11-19(24)13-18)21-14-22(28-9-3-8-27)26(25-21)20-7-6-15-4-1-2-5-16(15)12-20/h1-2,4-7,10-14,27H,3,8-9H2. The van der Waals surface area contributed by atoms with Crippen molar-refractivity contribution >= 4 is 34.0 Å². The van der Waals surface area contributed by atoms with Crippen LogP contribution in [0.25, 0.3) is 27.7 Å². The van der Waals surface area contributed by atoms with Crippen LogP contribution in [0.3, 0.4) is 0 Å². The van der Waals surface area contributed by atoms with Crippen LogP contribution in [0.2, 0.25) is 10.0 Å². The van der Waals surface area contributed by atoms with Gasteiger partial charge < -0.3 is 9.84 Å². The maximum atomic E-state index is 9.06. The minimum Gasteiger partial charge on any atom is -0.477 e. The molecule has 0 saturated heterocycles. The first kappa shape index (κ1) is 18.8. The Balaban J connectivity index is 1.80. The lowest BCUT2D eigenvalue weighted by atomic mass is 10.1. The van der Waals surface area contributed by atoms with Crippen LogP contribution < -0.4 is 4.74 Å². The third-order valence-electron chi connectivity index (χ3n) is 4.37. The highest BCUT2D eigenvalue weighted by Crippen LogP contribution is 2.31. The maximum Gasteiger partial charge on any atom is 0.217 e. The van der Waals surface area contributed by atoms with Crippen LogP contribution in [0.1, 0.15) is 6.42 Å².